The molecule has 7 heteroatoms. The summed E-state index contributed by atoms with van der Waals surface area (Å²) in [5, 5.41) is 2.47. The lowest BCUT2D eigenvalue weighted by Crippen LogP contribution is -2.54. The summed E-state index contributed by atoms with van der Waals surface area (Å²) in [4.78, 5) is 37.1. The van der Waals surface area contributed by atoms with Gasteiger partial charge in [-0.3, -0.25) is 9.59 Å². The highest BCUT2D eigenvalue weighted by molar-refractivity contribution is 5.90. The summed E-state index contributed by atoms with van der Waals surface area (Å²) >= 11 is 0. The zero-order valence-electron chi connectivity index (χ0n) is 14.4. The van der Waals surface area contributed by atoms with Gasteiger partial charge in [-0.25, -0.2) is 9.18 Å². The monoisotopic (exact) mass is 338 g/mol. The molecule has 0 aliphatic heterocycles. The molecule has 0 atom stereocenters. The van der Waals surface area contributed by atoms with Crippen LogP contribution in [0.5, 0.6) is 0 Å². The number of nitrogens with zero attached hydrogens (tertiary/aromatic N) is 1. The Morgan fingerprint density at radius 3 is 2.54 bits per heavy atom. The second-order valence-electron chi connectivity index (χ2n) is 5.82. The molecule has 132 valence electrons. The fraction of sp³-hybridized carbons (Fsp3) is 0.471. The molecule has 1 rings (SSSR count). The highest BCUT2D eigenvalue weighted by Crippen LogP contribution is 2.14. The first-order valence-corrected chi connectivity index (χ1v) is 7.63. The number of nitrogens with one attached hydrogen (secondary N) is 1. The molecular weight excluding hydrogens is 315 g/mol. The van der Waals surface area contributed by atoms with Gasteiger partial charge in [-0.1, -0.05) is 12.1 Å². The van der Waals surface area contributed by atoms with Crippen LogP contribution >= 0.6 is 0 Å². The first-order chi connectivity index (χ1) is 11.2. The molecule has 0 bridgehead atoms. The van der Waals surface area contributed by atoms with E-state index in [2.05, 4.69) is 5.32 Å². The average molecular weight is 338 g/mol. The van der Waals surface area contributed by atoms with Crippen molar-refractivity contribution in [2.75, 3.05) is 20.2 Å². The predicted octanol–water partition coefficient (Wildman–Crippen LogP) is 1.28. The summed E-state index contributed by atoms with van der Waals surface area (Å²) in [5.74, 6) is -1.78. The third-order valence-electron chi connectivity index (χ3n) is 3.68. The Bertz CT molecular complexity index is 616. The van der Waals surface area contributed by atoms with Crippen LogP contribution in [0.4, 0.5) is 4.39 Å². The molecule has 1 aromatic carbocycles. The number of likely N-dealkylation sites (N-methyl/N-ethyl adjacent to an activating group) is 1. The molecule has 0 radical (unpaired) electrons. The summed E-state index contributed by atoms with van der Waals surface area (Å²) < 4.78 is 18.0. The number of carbonyl (C=O) groups is 3. The van der Waals surface area contributed by atoms with E-state index in [1.54, 1.807) is 26.8 Å². The molecule has 0 spiro atoms. The number of amides is 2. The van der Waals surface area contributed by atoms with E-state index >= 15 is 0 Å². The second-order valence-corrected chi connectivity index (χ2v) is 5.82. The van der Waals surface area contributed by atoms with Crippen LogP contribution < -0.4 is 5.32 Å². The number of esters is 1. The van der Waals surface area contributed by atoms with Crippen molar-refractivity contribution in [3.8, 4) is 0 Å². The Morgan fingerprint density at radius 2 is 1.96 bits per heavy atom. The van der Waals surface area contributed by atoms with Crippen LogP contribution in [-0.4, -0.2) is 48.4 Å². The van der Waals surface area contributed by atoms with Crippen molar-refractivity contribution in [1.29, 1.82) is 0 Å². The molecule has 1 N–H and O–H groups in total. The quantitative estimate of drug-likeness (QED) is 0.760. The highest BCUT2D eigenvalue weighted by Gasteiger charge is 2.36. The van der Waals surface area contributed by atoms with Crippen molar-refractivity contribution in [1.82, 2.24) is 10.2 Å². The molecule has 1 aromatic rings. The number of benzene rings is 1. The minimum Gasteiger partial charge on any atom is -0.464 e. The topological polar surface area (TPSA) is 75.7 Å². The maximum absolute atomic E-state index is 13.1. The van der Waals surface area contributed by atoms with Gasteiger partial charge in [0.1, 0.15) is 11.4 Å². The number of carbonyl (C=O) groups excluding carboxylic acids is 3. The maximum atomic E-state index is 13.1. The molecule has 0 aliphatic rings. The van der Waals surface area contributed by atoms with E-state index in [1.165, 1.54) is 30.1 Å². The third-order valence-corrected chi connectivity index (χ3v) is 3.68. The van der Waals surface area contributed by atoms with Gasteiger partial charge < -0.3 is 15.0 Å². The molecule has 0 unspecified atom stereocenters. The van der Waals surface area contributed by atoms with Gasteiger partial charge in [0.15, 0.2) is 0 Å². The zero-order valence-corrected chi connectivity index (χ0v) is 14.4. The normalized spacial score (nSPS) is 10.9. The molecular formula is C17H23FN2O4. The van der Waals surface area contributed by atoms with Crippen LogP contribution in [-0.2, 0) is 25.5 Å². The second kappa shape index (κ2) is 8.42. The lowest BCUT2D eigenvalue weighted by molar-refractivity contribution is -0.160. The molecule has 0 heterocycles. The summed E-state index contributed by atoms with van der Waals surface area (Å²) in [5.41, 5.74) is -0.624. The van der Waals surface area contributed by atoms with Crippen molar-refractivity contribution in [2.24, 2.45) is 0 Å². The summed E-state index contributed by atoms with van der Waals surface area (Å²) in [7, 11) is 1.47. The van der Waals surface area contributed by atoms with Crippen LogP contribution in [0.25, 0.3) is 0 Å². The average Bonchev–Trinajstić information content (AvgIpc) is 2.52. The van der Waals surface area contributed by atoms with Gasteiger partial charge in [0.2, 0.25) is 11.8 Å². The van der Waals surface area contributed by atoms with Crippen molar-refractivity contribution < 1.29 is 23.5 Å². The molecule has 24 heavy (non-hydrogen) atoms. The van der Waals surface area contributed by atoms with Gasteiger partial charge >= 0.3 is 5.97 Å². The van der Waals surface area contributed by atoms with Gasteiger partial charge in [-0.05, 0) is 38.5 Å². The van der Waals surface area contributed by atoms with Crippen LogP contribution in [0.2, 0.25) is 0 Å². The number of hydrogen-bond donors (Lipinski definition) is 1. The van der Waals surface area contributed by atoms with E-state index in [0.717, 1.165) is 0 Å². The number of ether oxygens (including phenoxy) is 1. The van der Waals surface area contributed by atoms with Crippen LogP contribution in [0.1, 0.15) is 26.3 Å². The zero-order chi connectivity index (χ0) is 18.3. The number of hydrogen-bond acceptors (Lipinski definition) is 4. The van der Waals surface area contributed by atoms with E-state index in [0.29, 0.717) is 5.56 Å². The summed E-state index contributed by atoms with van der Waals surface area (Å²) in [6.07, 6.45) is -0.0317. The summed E-state index contributed by atoms with van der Waals surface area (Å²) in [6.45, 7) is 4.78. The van der Waals surface area contributed by atoms with Gasteiger partial charge in [0.05, 0.1) is 19.6 Å². The van der Waals surface area contributed by atoms with Crippen LogP contribution in [0, 0.1) is 5.82 Å². The first kappa shape index (κ1) is 19.6. The molecule has 0 fully saturated rings. The minimum atomic E-state index is -1.14. The Balaban J connectivity index is 2.55. The summed E-state index contributed by atoms with van der Waals surface area (Å²) in [6, 6.07) is 5.69. The largest absolute Gasteiger partial charge is 0.464 e. The van der Waals surface area contributed by atoms with Crippen molar-refractivity contribution >= 4 is 17.8 Å². The standard InChI is InChI=1S/C17H23FN2O4/c1-5-24-16(23)17(2,3)20(4)15(22)11-19-14(21)10-12-7-6-8-13(18)9-12/h6-9H,5,10-11H2,1-4H3,(H,19,21). The van der Waals surface area contributed by atoms with E-state index in [9.17, 15) is 18.8 Å². The fourth-order valence-electron chi connectivity index (χ4n) is 1.94. The highest BCUT2D eigenvalue weighted by atomic mass is 19.1. The van der Waals surface area contributed by atoms with Crippen molar-refractivity contribution in [3.63, 3.8) is 0 Å². The van der Waals surface area contributed by atoms with Gasteiger partial charge in [-0.2, -0.15) is 0 Å². The Labute approximate surface area is 141 Å². The van der Waals surface area contributed by atoms with E-state index < -0.39 is 29.1 Å². The first-order valence-electron chi connectivity index (χ1n) is 7.63. The SMILES string of the molecule is CCOC(=O)C(C)(C)N(C)C(=O)CNC(=O)Cc1cccc(F)c1. The van der Waals surface area contributed by atoms with Gasteiger partial charge in [0, 0.05) is 7.05 Å². The Morgan fingerprint density at radius 1 is 1.29 bits per heavy atom. The smallest absolute Gasteiger partial charge is 0.331 e. The Hall–Kier alpha value is -2.44. The van der Waals surface area contributed by atoms with Crippen molar-refractivity contribution in [2.45, 2.75) is 32.7 Å². The van der Waals surface area contributed by atoms with Crippen LogP contribution in [0.15, 0.2) is 24.3 Å². The van der Waals surface area contributed by atoms with Gasteiger partial charge in [-0.15, -0.1) is 0 Å². The lowest BCUT2D eigenvalue weighted by atomic mass is 10.0. The fourth-order valence-corrected chi connectivity index (χ4v) is 1.94. The lowest BCUT2D eigenvalue weighted by Gasteiger charge is -2.33. The van der Waals surface area contributed by atoms with E-state index in [-0.39, 0.29) is 19.6 Å². The van der Waals surface area contributed by atoms with Crippen molar-refractivity contribution in [3.05, 3.63) is 35.6 Å². The number of rotatable bonds is 7. The number of halogens is 1. The molecule has 0 saturated heterocycles. The molecule has 0 aliphatic carbocycles. The van der Waals surface area contributed by atoms with Gasteiger partial charge in [0.25, 0.3) is 0 Å². The molecule has 6 nitrogen and oxygen atoms in total. The molecule has 2 amide bonds. The third kappa shape index (κ3) is 5.33. The molecule has 0 aromatic heterocycles. The maximum Gasteiger partial charge on any atom is 0.331 e. The minimum absolute atomic E-state index is 0.0317. The van der Waals surface area contributed by atoms with Crippen LogP contribution in [0.3, 0.4) is 0 Å². The Kier molecular flexibility index (Phi) is 6.88. The van der Waals surface area contributed by atoms with E-state index in [4.69, 9.17) is 4.74 Å². The predicted molar refractivity (Wildman–Crippen MR) is 86.6 cm³/mol. The molecule has 0 saturated carbocycles. The van der Waals surface area contributed by atoms with E-state index in [1.807, 2.05) is 0 Å².